The van der Waals surface area contributed by atoms with E-state index in [4.69, 9.17) is 12.2 Å². The van der Waals surface area contributed by atoms with E-state index in [-0.39, 0.29) is 17.8 Å². The highest BCUT2D eigenvalue weighted by Gasteiger charge is 2.43. The Balaban J connectivity index is 1.68. The van der Waals surface area contributed by atoms with Gasteiger partial charge in [0, 0.05) is 23.3 Å². The van der Waals surface area contributed by atoms with Crippen molar-refractivity contribution in [2.45, 2.75) is 51.9 Å². The summed E-state index contributed by atoms with van der Waals surface area (Å²) >= 11 is 5.84. The average molecular weight is 535 g/mol. The third-order valence-electron chi connectivity index (χ3n) is 7.18. The summed E-state index contributed by atoms with van der Waals surface area (Å²) in [6.07, 6.45) is -2.74. The molecule has 2 atom stereocenters. The number of benzene rings is 2. The Kier molecular flexibility index (Phi) is 6.77. The lowest BCUT2D eigenvalue weighted by Gasteiger charge is -2.28. The van der Waals surface area contributed by atoms with Crippen LogP contribution in [0.4, 0.5) is 18.9 Å². The second kappa shape index (κ2) is 9.91. The van der Waals surface area contributed by atoms with Crippen LogP contribution in [-0.2, 0) is 6.18 Å². The van der Waals surface area contributed by atoms with Crippen LogP contribution in [0.25, 0.3) is 5.69 Å². The molecule has 196 valence electrons. The van der Waals surface area contributed by atoms with Crippen molar-refractivity contribution in [2.24, 2.45) is 0 Å². The zero-order valence-corrected chi connectivity index (χ0v) is 22.4. The molecule has 3 heterocycles. The molecule has 1 N–H and O–H groups in total. The number of hydrogen-bond donors (Lipinski definition) is 1. The second-order valence-electron chi connectivity index (χ2n) is 9.92. The van der Waals surface area contributed by atoms with Gasteiger partial charge in [-0.2, -0.15) is 13.2 Å². The van der Waals surface area contributed by atoms with Gasteiger partial charge in [-0.1, -0.05) is 44.2 Å². The Hall–Kier alpha value is -3.65. The van der Waals surface area contributed by atoms with Crippen LogP contribution < -0.4 is 10.2 Å². The fourth-order valence-electron chi connectivity index (χ4n) is 5.33. The van der Waals surface area contributed by atoms with Gasteiger partial charge < -0.3 is 14.8 Å². The van der Waals surface area contributed by atoms with Crippen molar-refractivity contribution in [3.8, 4) is 5.69 Å². The summed E-state index contributed by atoms with van der Waals surface area (Å²) < 4.78 is 43.6. The molecule has 0 bridgehead atoms. The first-order valence-electron chi connectivity index (χ1n) is 12.5. The van der Waals surface area contributed by atoms with Gasteiger partial charge in [0.25, 0.3) is 0 Å². The molecule has 0 radical (unpaired) electrons. The van der Waals surface area contributed by atoms with Gasteiger partial charge >= 0.3 is 6.18 Å². The molecule has 1 aliphatic heterocycles. The van der Waals surface area contributed by atoms with Gasteiger partial charge in [-0.05, 0) is 85.6 Å². The summed E-state index contributed by atoms with van der Waals surface area (Å²) in [4.78, 5) is 6.65. The fraction of sp³-hybridized carbons (Fsp3) is 0.267. The maximum Gasteiger partial charge on any atom is 0.418 e. The maximum absolute atomic E-state index is 14.0. The first-order valence-corrected chi connectivity index (χ1v) is 12.9. The predicted octanol–water partition coefficient (Wildman–Crippen LogP) is 7.81. The smallest absolute Gasteiger partial charge is 0.351 e. The minimum atomic E-state index is -4.48. The SMILES string of the molecule is Cc1cc([C@@H]2[C@@H](c3ccccn3)NC(=S)N2c2ccc(C(C)C)cc2)c(C)n1-c1ccccc1C(F)(F)F. The summed E-state index contributed by atoms with van der Waals surface area (Å²) in [6, 6.07) is 21.1. The second-order valence-corrected chi connectivity index (χ2v) is 10.3. The standard InChI is InChI=1S/C30H29F3N4S/c1-18(2)21-12-14-22(15-13-21)37-28(27(35-29(37)38)25-10-7-8-16-34-25)23-17-19(3)36(20(23)4)26-11-6-5-9-24(26)30(31,32)33/h5-18,27-28H,1-4H3,(H,35,38)/t27-,28-/m1/s1. The monoisotopic (exact) mass is 534 g/mol. The lowest BCUT2D eigenvalue weighted by atomic mass is 9.96. The number of anilines is 1. The lowest BCUT2D eigenvalue weighted by molar-refractivity contribution is -0.137. The van der Waals surface area contributed by atoms with E-state index < -0.39 is 11.7 Å². The molecule has 1 saturated heterocycles. The highest BCUT2D eigenvalue weighted by Crippen LogP contribution is 2.44. The molecule has 1 fully saturated rings. The van der Waals surface area contributed by atoms with E-state index in [2.05, 4.69) is 53.3 Å². The number of alkyl halides is 3. The number of aromatic nitrogens is 2. The molecule has 0 aliphatic carbocycles. The van der Waals surface area contributed by atoms with Crippen molar-refractivity contribution >= 4 is 23.0 Å². The van der Waals surface area contributed by atoms with Gasteiger partial charge in [0.1, 0.15) is 0 Å². The Morgan fingerprint density at radius 1 is 0.947 bits per heavy atom. The minimum Gasteiger partial charge on any atom is -0.351 e. The third kappa shape index (κ3) is 4.58. The van der Waals surface area contributed by atoms with Gasteiger partial charge in [-0.25, -0.2) is 0 Å². The highest BCUT2D eigenvalue weighted by atomic mass is 32.1. The van der Waals surface area contributed by atoms with E-state index in [1.165, 1.54) is 17.7 Å². The van der Waals surface area contributed by atoms with Crippen LogP contribution in [0.2, 0.25) is 0 Å². The van der Waals surface area contributed by atoms with Gasteiger partial charge in [0.15, 0.2) is 5.11 Å². The Bertz CT molecular complexity index is 1460. The number of thiocarbonyl (C=S) groups is 1. The highest BCUT2D eigenvalue weighted by molar-refractivity contribution is 7.80. The zero-order chi connectivity index (χ0) is 27.2. The normalized spacial score (nSPS) is 17.8. The molecule has 0 saturated carbocycles. The topological polar surface area (TPSA) is 33.1 Å². The maximum atomic E-state index is 14.0. The number of rotatable bonds is 5. The van der Waals surface area contributed by atoms with Crippen LogP contribution in [0.3, 0.4) is 0 Å². The first kappa shape index (κ1) is 26.0. The number of halogens is 3. The predicted molar refractivity (Wildman–Crippen MR) is 149 cm³/mol. The van der Waals surface area contributed by atoms with Crippen molar-refractivity contribution < 1.29 is 13.2 Å². The molecule has 38 heavy (non-hydrogen) atoms. The largest absolute Gasteiger partial charge is 0.418 e. The van der Waals surface area contributed by atoms with E-state index in [9.17, 15) is 13.2 Å². The van der Waals surface area contributed by atoms with Gasteiger partial charge in [0.05, 0.1) is 29.0 Å². The number of para-hydroxylation sites is 1. The molecule has 2 aromatic heterocycles. The Morgan fingerprint density at radius 2 is 1.63 bits per heavy atom. The molecule has 4 nitrogen and oxygen atoms in total. The Labute approximate surface area is 226 Å². The van der Waals surface area contributed by atoms with E-state index in [0.29, 0.717) is 16.7 Å². The summed E-state index contributed by atoms with van der Waals surface area (Å²) in [5.74, 6) is 0.386. The molecule has 0 spiro atoms. The van der Waals surface area contributed by atoms with Crippen molar-refractivity contribution in [2.75, 3.05) is 4.90 Å². The number of nitrogens with zero attached hydrogens (tertiary/aromatic N) is 3. The van der Waals surface area contributed by atoms with Gasteiger partial charge in [0.2, 0.25) is 0 Å². The van der Waals surface area contributed by atoms with E-state index in [1.54, 1.807) is 16.8 Å². The zero-order valence-electron chi connectivity index (χ0n) is 21.6. The van der Waals surface area contributed by atoms with Gasteiger partial charge in [-0.15, -0.1) is 0 Å². The minimum absolute atomic E-state index is 0.108. The number of hydrogen-bond acceptors (Lipinski definition) is 2. The van der Waals surface area contributed by atoms with Crippen molar-refractivity contribution in [3.63, 3.8) is 0 Å². The summed E-state index contributed by atoms with van der Waals surface area (Å²) in [5, 5.41) is 3.99. The van der Waals surface area contributed by atoms with Crippen molar-refractivity contribution in [1.29, 1.82) is 0 Å². The molecule has 2 aromatic carbocycles. The quantitative estimate of drug-likeness (QED) is 0.265. The van der Waals surface area contributed by atoms with E-state index >= 15 is 0 Å². The molecule has 8 heteroatoms. The number of nitrogens with one attached hydrogen (secondary N) is 1. The number of aryl methyl sites for hydroxylation is 1. The van der Waals surface area contributed by atoms with Crippen LogP contribution in [-0.4, -0.2) is 14.7 Å². The molecule has 4 aromatic rings. The molecular formula is C30H29F3N4S. The average Bonchev–Trinajstić information content (AvgIpc) is 3.39. The fourth-order valence-corrected chi connectivity index (χ4v) is 5.68. The lowest BCUT2D eigenvalue weighted by Crippen LogP contribution is -2.29. The molecule has 1 aliphatic rings. The first-order chi connectivity index (χ1) is 18.1. The van der Waals surface area contributed by atoms with Crippen LogP contribution >= 0.6 is 12.2 Å². The molecule has 0 unspecified atom stereocenters. The summed E-state index contributed by atoms with van der Waals surface area (Å²) in [5.41, 5.74) is 4.69. The van der Waals surface area contributed by atoms with Gasteiger partial charge in [-0.3, -0.25) is 4.98 Å². The van der Waals surface area contributed by atoms with Crippen LogP contribution in [0.1, 0.15) is 65.6 Å². The van der Waals surface area contributed by atoms with Crippen molar-refractivity contribution in [3.05, 3.63) is 113 Å². The van der Waals surface area contributed by atoms with Crippen LogP contribution in [0.15, 0.2) is 79.0 Å². The third-order valence-corrected chi connectivity index (χ3v) is 7.49. The van der Waals surface area contributed by atoms with Crippen LogP contribution in [0, 0.1) is 13.8 Å². The molecule has 0 amide bonds. The van der Waals surface area contributed by atoms with E-state index in [0.717, 1.165) is 28.7 Å². The summed E-state index contributed by atoms with van der Waals surface area (Å²) in [7, 11) is 0. The van der Waals surface area contributed by atoms with Crippen molar-refractivity contribution in [1.82, 2.24) is 14.9 Å². The van der Waals surface area contributed by atoms with Crippen LogP contribution in [0.5, 0.6) is 0 Å². The molecule has 5 rings (SSSR count). The number of pyridine rings is 1. The molecular weight excluding hydrogens is 505 g/mol. The summed E-state index contributed by atoms with van der Waals surface area (Å²) in [6.45, 7) is 7.99. The Morgan fingerprint density at radius 3 is 2.26 bits per heavy atom. The van der Waals surface area contributed by atoms with E-state index in [1.807, 2.05) is 38.1 Å².